The maximum atomic E-state index is 11.0. The first kappa shape index (κ1) is 8.93. The van der Waals surface area contributed by atoms with E-state index in [4.69, 9.17) is 0 Å². The molecule has 0 fully saturated rings. The van der Waals surface area contributed by atoms with Gasteiger partial charge in [-0.2, -0.15) is 0 Å². The molecule has 0 saturated heterocycles. The zero-order chi connectivity index (χ0) is 9.14. The van der Waals surface area contributed by atoms with Crippen molar-refractivity contribution in [1.29, 1.82) is 0 Å². The fourth-order valence-corrected chi connectivity index (χ4v) is 0.830. The monoisotopic (exact) mass is 168 g/mol. The molecule has 66 valence electrons. The Labute approximate surface area is 71.2 Å². The summed E-state index contributed by atoms with van der Waals surface area (Å²) in [5.74, 6) is -0.174. The highest BCUT2D eigenvalue weighted by Gasteiger charge is 2.22. The molecule has 1 aliphatic rings. The third kappa shape index (κ3) is 1.92. The summed E-state index contributed by atoms with van der Waals surface area (Å²) in [6.07, 6.45) is 2.52. The van der Waals surface area contributed by atoms with Crippen molar-refractivity contribution in [2.45, 2.75) is 13.8 Å². The van der Waals surface area contributed by atoms with Gasteiger partial charge in [0, 0.05) is 18.7 Å². The topological polar surface area (TPSA) is 49.4 Å². The summed E-state index contributed by atoms with van der Waals surface area (Å²) in [6.45, 7) is 4.63. The first-order valence-corrected chi connectivity index (χ1v) is 3.91. The number of hydrogen-bond acceptors (Lipinski definition) is 3. The molecule has 12 heavy (non-hydrogen) atoms. The Bertz CT molecular complexity index is 215. The maximum Gasteiger partial charge on any atom is 0.268 e. The minimum atomic E-state index is -0.291. The largest absolute Gasteiger partial charge is 0.268 e. The molecule has 4 nitrogen and oxygen atoms in total. The van der Waals surface area contributed by atoms with Crippen LogP contribution >= 0.6 is 0 Å². The van der Waals surface area contributed by atoms with E-state index < -0.39 is 0 Å². The number of nitrogens with zero attached hydrogens (tertiary/aromatic N) is 1. The minimum absolute atomic E-state index is 0.291. The van der Waals surface area contributed by atoms with Crippen LogP contribution in [0.3, 0.4) is 0 Å². The second-order valence-corrected chi connectivity index (χ2v) is 3.10. The summed E-state index contributed by atoms with van der Waals surface area (Å²) in [5.41, 5.74) is 2.75. The molecule has 0 unspecified atom stereocenters. The third-order valence-electron chi connectivity index (χ3n) is 1.47. The normalized spacial score (nSPS) is 16.8. The van der Waals surface area contributed by atoms with Crippen molar-refractivity contribution in [3.05, 3.63) is 12.2 Å². The van der Waals surface area contributed by atoms with Gasteiger partial charge in [-0.05, 0) is 5.92 Å². The Morgan fingerprint density at radius 2 is 1.83 bits per heavy atom. The molecule has 1 aliphatic heterocycles. The first-order valence-electron chi connectivity index (χ1n) is 3.91. The Morgan fingerprint density at radius 1 is 1.33 bits per heavy atom. The van der Waals surface area contributed by atoms with Gasteiger partial charge in [-0.3, -0.25) is 9.59 Å². The van der Waals surface area contributed by atoms with Gasteiger partial charge < -0.3 is 0 Å². The van der Waals surface area contributed by atoms with Crippen molar-refractivity contribution in [2.75, 3.05) is 6.54 Å². The van der Waals surface area contributed by atoms with Gasteiger partial charge in [0.2, 0.25) is 0 Å². The number of carbonyl (C=O) groups excluding carboxylic acids is 2. The van der Waals surface area contributed by atoms with E-state index in [1.807, 2.05) is 13.8 Å². The number of nitrogens with one attached hydrogen (secondary N) is 1. The lowest BCUT2D eigenvalue weighted by Gasteiger charge is -2.16. The summed E-state index contributed by atoms with van der Waals surface area (Å²) in [5, 5.41) is 1.03. The van der Waals surface area contributed by atoms with Gasteiger partial charge in [0.25, 0.3) is 11.8 Å². The summed E-state index contributed by atoms with van der Waals surface area (Å²) in [6, 6.07) is 0. The molecule has 0 aromatic heterocycles. The van der Waals surface area contributed by atoms with Crippen LogP contribution in [0.5, 0.6) is 0 Å². The van der Waals surface area contributed by atoms with Crippen LogP contribution in [0, 0.1) is 5.92 Å². The van der Waals surface area contributed by atoms with E-state index in [1.54, 1.807) is 0 Å². The van der Waals surface area contributed by atoms with Gasteiger partial charge >= 0.3 is 0 Å². The molecule has 0 aliphatic carbocycles. The molecule has 2 amide bonds. The van der Waals surface area contributed by atoms with Crippen LogP contribution < -0.4 is 5.43 Å². The summed E-state index contributed by atoms with van der Waals surface area (Å²) in [7, 11) is 0. The molecule has 4 heteroatoms. The number of hydrazine groups is 1. The van der Waals surface area contributed by atoms with E-state index in [0.29, 0.717) is 12.5 Å². The average molecular weight is 168 g/mol. The molecule has 0 bridgehead atoms. The van der Waals surface area contributed by atoms with Crippen molar-refractivity contribution in [1.82, 2.24) is 10.4 Å². The fourth-order valence-electron chi connectivity index (χ4n) is 0.830. The van der Waals surface area contributed by atoms with E-state index in [0.717, 1.165) is 5.01 Å². The number of hydrogen-bond donors (Lipinski definition) is 1. The van der Waals surface area contributed by atoms with Crippen LogP contribution in [-0.4, -0.2) is 23.4 Å². The van der Waals surface area contributed by atoms with E-state index >= 15 is 0 Å². The number of carbonyl (C=O) groups is 2. The molecule has 0 atom stereocenters. The quantitative estimate of drug-likeness (QED) is 0.607. The van der Waals surface area contributed by atoms with Gasteiger partial charge in [-0.25, -0.2) is 10.4 Å². The summed E-state index contributed by atoms with van der Waals surface area (Å²) < 4.78 is 0. The predicted octanol–water partition coefficient (Wildman–Crippen LogP) is 0.0720. The number of amides is 2. The lowest BCUT2D eigenvalue weighted by atomic mass is 10.2. The lowest BCUT2D eigenvalue weighted by molar-refractivity contribution is -0.140. The van der Waals surface area contributed by atoms with E-state index in [-0.39, 0.29) is 11.8 Å². The second-order valence-electron chi connectivity index (χ2n) is 3.10. The molecule has 0 aromatic carbocycles. The molecule has 0 radical (unpaired) electrons. The molecule has 0 saturated carbocycles. The predicted molar refractivity (Wildman–Crippen MR) is 43.8 cm³/mol. The molecular weight excluding hydrogens is 156 g/mol. The van der Waals surface area contributed by atoms with Crippen molar-refractivity contribution >= 4 is 11.8 Å². The Morgan fingerprint density at radius 3 is 2.25 bits per heavy atom. The second kappa shape index (κ2) is 3.49. The smallest absolute Gasteiger partial charge is 0.268 e. The molecule has 1 rings (SSSR count). The van der Waals surface area contributed by atoms with Crippen LogP contribution in [0.2, 0.25) is 0 Å². The van der Waals surface area contributed by atoms with Gasteiger partial charge in [0.1, 0.15) is 0 Å². The molecular formula is C8H12N2O2. The third-order valence-corrected chi connectivity index (χ3v) is 1.47. The van der Waals surface area contributed by atoms with Crippen LogP contribution in [0.1, 0.15) is 13.8 Å². The lowest BCUT2D eigenvalue weighted by Crippen LogP contribution is -2.44. The Hall–Kier alpha value is -1.16. The SMILES string of the molecule is CC(C)CNN1C(=O)C=CC1=O. The zero-order valence-electron chi connectivity index (χ0n) is 7.20. The van der Waals surface area contributed by atoms with Crippen molar-refractivity contribution < 1.29 is 9.59 Å². The van der Waals surface area contributed by atoms with Crippen LogP contribution in [0.25, 0.3) is 0 Å². The zero-order valence-corrected chi connectivity index (χ0v) is 7.20. The van der Waals surface area contributed by atoms with Gasteiger partial charge in [0.15, 0.2) is 0 Å². The van der Waals surface area contributed by atoms with Crippen LogP contribution in [-0.2, 0) is 9.59 Å². The van der Waals surface area contributed by atoms with Crippen molar-refractivity contribution in [2.24, 2.45) is 5.92 Å². The van der Waals surface area contributed by atoms with E-state index in [2.05, 4.69) is 5.43 Å². The van der Waals surface area contributed by atoms with Gasteiger partial charge in [0.05, 0.1) is 0 Å². The van der Waals surface area contributed by atoms with E-state index in [9.17, 15) is 9.59 Å². The first-order chi connectivity index (χ1) is 5.61. The molecule has 1 heterocycles. The summed E-state index contributed by atoms with van der Waals surface area (Å²) >= 11 is 0. The van der Waals surface area contributed by atoms with Gasteiger partial charge in [-0.1, -0.05) is 13.8 Å². The highest BCUT2D eigenvalue weighted by Crippen LogP contribution is 2.00. The van der Waals surface area contributed by atoms with Gasteiger partial charge in [-0.15, -0.1) is 0 Å². The van der Waals surface area contributed by atoms with Crippen molar-refractivity contribution in [3.63, 3.8) is 0 Å². The molecule has 1 N–H and O–H groups in total. The highest BCUT2D eigenvalue weighted by molar-refractivity contribution is 6.12. The average Bonchev–Trinajstić information content (AvgIpc) is 2.28. The molecule has 0 spiro atoms. The maximum absolute atomic E-state index is 11.0. The Kier molecular flexibility index (Phi) is 2.60. The fraction of sp³-hybridized carbons (Fsp3) is 0.500. The standard InChI is InChI=1S/C8H12N2O2/c1-6(2)5-9-10-7(11)3-4-8(10)12/h3-4,6,9H,5H2,1-2H3. The van der Waals surface area contributed by atoms with E-state index in [1.165, 1.54) is 12.2 Å². The Balaban J connectivity index is 2.43. The minimum Gasteiger partial charge on any atom is -0.268 e. The number of rotatable bonds is 3. The van der Waals surface area contributed by atoms with Crippen molar-refractivity contribution in [3.8, 4) is 0 Å². The van der Waals surface area contributed by atoms with Crippen LogP contribution in [0.4, 0.5) is 0 Å². The highest BCUT2D eigenvalue weighted by atomic mass is 16.2. The molecule has 0 aromatic rings. The summed E-state index contributed by atoms with van der Waals surface area (Å²) in [4.78, 5) is 21.9. The number of imide groups is 1. The van der Waals surface area contributed by atoms with Crippen LogP contribution in [0.15, 0.2) is 12.2 Å².